The van der Waals surface area contributed by atoms with Crippen LogP contribution in [-0.4, -0.2) is 29.9 Å². The minimum Gasteiger partial charge on any atom is -0.493 e. The minimum atomic E-state index is -0.642. The summed E-state index contributed by atoms with van der Waals surface area (Å²) >= 11 is 1.36. The lowest BCUT2D eigenvalue weighted by molar-refractivity contribution is -0.132. The fourth-order valence-corrected chi connectivity index (χ4v) is 6.30. The number of ketones is 1. The van der Waals surface area contributed by atoms with Crippen molar-refractivity contribution < 1.29 is 23.8 Å². The third-order valence-electron chi connectivity index (χ3n) is 7.48. The normalized spacial score (nSPS) is 25.0. The van der Waals surface area contributed by atoms with Gasteiger partial charge in [-0.1, -0.05) is 43.3 Å². The third-order valence-corrected chi connectivity index (χ3v) is 8.25. The molecule has 0 spiro atoms. The third kappa shape index (κ3) is 4.19. The number of thiazole rings is 1. The number of ether oxygens (including phenoxy) is 3. The zero-order chi connectivity index (χ0) is 25.5. The number of rotatable bonds is 6. The summed E-state index contributed by atoms with van der Waals surface area (Å²) in [6, 6.07) is 14.8. The highest BCUT2D eigenvalue weighted by molar-refractivity contribution is 7.13. The summed E-state index contributed by atoms with van der Waals surface area (Å²) in [6.07, 6.45) is 3.96. The van der Waals surface area contributed by atoms with Crippen LogP contribution in [0.25, 0.3) is 0 Å². The molecule has 8 heteroatoms. The molecule has 37 heavy (non-hydrogen) atoms. The van der Waals surface area contributed by atoms with Gasteiger partial charge in [-0.05, 0) is 48.4 Å². The number of aromatic nitrogens is 1. The van der Waals surface area contributed by atoms with Crippen molar-refractivity contribution in [3.8, 4) is 11.5 Å². The Morgan fingerprint density at radius 3 is 2.70 bits per heavy atom. The molecule has 0 bridgehead atoms. The van der Waals surface area contributed by atoms with Gasteiger partial charge in [-0.3, -0.25) is 14.5 Å². The molecule has 2 aliphatic heterocycles. The number of Topliss-reactive ketones (excluding diaryl/α,β-unsaturated/α-hetero) is 1. The van der Waals surface area contributed by atoms with E-state index in [1.165, 1.54) is 11.3 Å². The average molecular weight is 517 g/mol. The van der Waals surface area contributed by atoms with Crippen molar-refractivity contribution in [3.63, 3.8) is 0 Å². The van der Waals surface area contributed by atoms with Crippen LogP contribution in [0.4, 0.5) is 5.13 Å². The molecule has 4 atom stereocenters. The second-order valence-electron chi connectivity index (χ2n) is 9.87. The topological polar surface area (TPSA) is 78.0 Å². The van der Waals surface area contributed by atoms with Crippen molar-refractivity contribution >= 4 is 28.2 Å². The molecule has 0 radical (unpaired) electrons. The van der Waals surface area contributed by atoms with Crippen LogP contribution in [0.5, 0.6) is 11.5 Å². The average Bonchev–Trinajstić information content (AvgIpc) is 3.55. The Morgan fingerprint density at radius 2 is 1.95 bits per heavy atom. The highest BCUT2D eigenvalue weighted by Gasteiger charge is 2.53. The van der Waals surface area contributed by atoms with Gasteiger partial charge >= 0.3 is 0 Å². The molecule has 6 rings (SSSR count). The van der Waals surface area contributed by atoms with Crippen LogP contribution in [0.15, 0.2) is 71.4 Å². The van der Waals surface area contributed by atoms with E-state index in [0.29, 0.717) is 34.7 Å². The number of hydrogen-bond acceptors (Lipinski definition) is 7. The molecule has 1 fully saturated rings. The second-order valence-corrected chi connectivity index (χ2v) is 10.7. The van der Waals surface area contributed by atoms with Crippen LogP contribution >= 0.6 is 11.3 Å². The molecule has 1 aliphatic carbocycles. The van der Waals surface area contributed by atoms with Gasteiger partial charge in [0.2, 0.25) is 0 Å². The summed E-state index contributed by atoms with van der Waals surface area (Å²) < 4.78 is 18.0. The minimum absolute atomic E-state index is 0.0126. The predicted molar refractivity (Wildman–Crippen MR) is 140 cm³/mol. The molecule has 3 heterocycles. The van der Waals surface area contributed by atoms with Crippen LogP contribution in [0.3, 0.4) is 0 Å². The summed E-state index contributed by atoms with van der Waals surface area (Å²) in [7, 11) is 1.58. The van der Waals surface area contributed by atoms with E-state index in [9.17, 15) is 9.59 Å². The van der Waals surface area contributed by atoms with Crippen molar-refractivity contribution in [2.75, 3.05) is 12.0 Å². The molecule has 3 aromatic rings. The number of carbonyl (C=O) groups is 2. The lowest BCUT2D eigenvalue weighted by atomic mass is 9.74. The van der Waals surface area contributed by atoms with Crippen LogP contribution in [-0.2, 0) is 20.9 Å². The number of hydrogen-bond donors (Lipinski definition) is 0. The Hall–Kier alpha value is -3.65. The fourth-order valence-electron chi connectivity index (χ4n) is 5.63. The van der Waals surface area contributed by atoms with Gasteiger partial charge in [-0.15, -0.1) is 11.3 Å². The fraction of sp³-hybridized carbons (Fsp3) is 0.345. The molecule has 7 nitrogen and oxygen atoms in total. The number of carbonyl (C=O) groups excluding carboxylic acids is 2. The maximum atomic E-state index is 13.9. The van der Waals surface area contributed by atoms with Crippen LogP contribution < -0.4 is 14.4 Å². The van der Waals surface area contributed by atoms with Crippen molar-refractivity contribution in [1.29, 1.82) is 0 Å². The van der Waals surface area contributed by atoms with Gasteiger partial charge in [0.15, 0.2) is 28.2 Å². The first-order valence-electron chi connectivity index (χ1n) is 12.6. The molecule has 3 aliphatic rings. The van der Waals surface area contributed by atoms with Crippen LogP contribution in [0, 0.1) is 11.8 Å². The molecular weight excluding hydrogens is 488 g/mol. The first-order chi connectivity index (χ1) is 18.0. The zero-order valence-electron chi connectivity index (χ0n) is 20.8. The van der Waals surface area contributed by atoms with E-state index in [2.05, 4.69) is 11.9 Å². The molecule has 4 unspecified atom stereocenters. The number of fused-ring (bicyclic) bond motifs is 1. The maximum absolute atomic E-state index is 13.9. The lowest BCUT2D eigenvalue weighted by Crippen LogP contribution is -2.41. The zero-order valence-corrected chi connectivity index (χ0v) is 21.6. The van der Waals surface area contributed by atoms with Crippen molar-refractivity contribution in [2.45, 2.75) is 44.9 Å². The number of amides is 1. The summed E-state index contributed by atoms with van der Waals surface area (Å²) in [5.74, 6) is 1.20. The van der Waals surface area contributed by atoms with Gasteiger partial charge in [-0.25, -0.2) is 4.98 Å². The van der Waals surface area contributed by atoms with Gasteiger partial charge in [0, 0.05) is 11.6 Å². The van der Waals surface area contributed by atoms with E-state index < -0.39 is 6.04 Å². The Bertz CT molecular complexity index is 1350. The smallest absolute Gasteiger partial charge is 0.296 e. The van der Waals surface area contributed by atoms with E-state index >= 15 is 0 Å². The maximum Gasteiger partial charge on any atom is 0.296 e. The predicted octanol–water partition coefficient (Wildman–Crippen LogP) is 5.48. The molecule has 0 N–H and O–H groups in total. The Morgan fingerprint density at radius 1 is 1.11 bits per heavy atom. The first kappa shape index (κ1) is 23.7. The lowest BCUT2D eigenvalue weighted by Gasteiger charge is -2.37. The van der Waals surface area contributed by atoms with Gasteiger partial charge in [0.05, 0.1) is 24.6 Å². The van der Waals surface area contributed by atoms with E-state index in [1.54, 1.807) is 18.2 Å². The monoisotopic (exact) mass is 516 g/mol. The largest absolute Gasteiger partial charge is 0.493 e. The van der Waals surface area contributed by atoms with E-state index in [0.717, 1.165) is 30.4 Å². The van der Waals surface area contributed by atoms with Crippen molar-refractivity contribution in [3.05, 3.63) is 82.6 Å². The summed E-state index contributed by atoms with van der Waals surface area (Å²) in [5, 5.41) is 2.35. The highest BCUT2D eigenvalue weighted by atomic mass is 32.1. The Balaban J connectivity index is 1.38. The molecule has 1 saturated carbocycles. The standard InChI is InChI=1S/C29H28N2O5S/c1-17-8-10-21-20(14-17)26(32)24-25(31(28(33)27(24)36-21)29-30-12-13-37-29)19-9-11-22(23(15-19)34-2)35-16-18-6-4-3-5-7-18/h3-7,9,11-13,15,17,20-21,25H,8,10,14,16H2,1-2H3. The number of anilines is 1. The quantitative estimate of drug-likeness (QED) is 0.432. The Kier molecular flexibility index (Phi) is 6.20. The Labute approximate surface area is 219 Å². The van der Waals surface area contributed by atoms with Crippen molar-refractivity contribution in [1.82, 2.24) is 4.98 Å². The van der Waals surface area contributed by atoms with Gasteiger partial charge in [-0.2, -0.15) is 0 Å². The van der Waals surface area contributed by atoms with Gasteiger partial charge < -0.3 is 14.2 Å². The number of benzene rings is 2. The summed E-state index contributed by atoms with van der Waals surface area (Å²) in [5.41, 5.74) is 2.22. The molecule has 1 amide bonds. The number of methoxy groups -OCH3 is 1. The van der Waals surface area contributed by atoms with E-state index in [4.69, 9.17) is 14.2 Å². The highest BCUT2D eigenvalue weighted by Crippen LogP contribution is 2.50. The molecule has 190 valence electrons. The van der Waals surface area contributed by atoms with Crippen LogP contribution in [0.2, 0.25) is 0 Å². The second kappa shape index (κ2) is 9.67. The van der Waals surface area contributed by atoms with Crippen LogP contribution in [0.1, 0.15) is 43.4 Å². The number of nitrogens with zero attached hydrogens (tertiary/aromatic N) is 2. The molecular formula is C29H28N2O5S. The molecule has 1 aromatic heterocycles. The van der Waals surface area contributed by atoms with Crippen molar-refractivity contribution in [2.24, 2.45) is 11.8 Å². The van der Waals surface area contributed by atoms with Gasteiger partial charge in [0.1, 0.15) is 12.7 Å². The summed E-state index contributed by atoms with van der Waals surface area (Å²) in [4.78, 5) is 33.6. The summed E-state index contributed by atoms with van der Waals surface area (Å²) in [6.45, 7) is 2.57. The van der Waals surface area contributed by atoms with Gasteiger partial charge in [0.25, 0.3) is 5.91 Å². The van der Waals surface area contributed by atoms with E-state index in [-0.39, 0.29) is 29.5 Å². The SMILES string of the molecule is COc1cc(C2C3=C(OC4CCC(C)CC4C3=O)C(=O)N2c2nccs2)ccc1OCc1ccccc1. The first-order valence-corrected chi connectivity index (χ1v) is 13.5. The molecule has 0 saturated heterocycles. The molecule has 2 aromatic carbocycles. The van der Waals surface area contributed by atoms with E-state index in [1.807, 2.05) is 53.9 Å².